The molecule has 4 nitrogen and oxygen atoms in total. The van der Waals surface area contributed by atoms with Crippen molar-refractivity contribution in [3.05, 3.63) is 52.8 Å². The number of rotatable bonds is 2. The van der Waals surface area contributed by atoms with Crippen LogP contribution in [0.4, 0.5) is 17.2 Å². The average molecular weight is 343 g/mol. The van der Waals surface area contributed by atoms with Crippen LogP contribution in [0.3, 0.4) is 0 Å². The van der Waals surface area contributed by atoms with E-state index in [0.29, 0.717) is 0 Å². The third kappa shape index (κ3) is 2.56. The van der Waals surface area contributed by atoms with Crippen molar-refractivity contribution in [3.8, 4) is 0 Å². The second-order valence-electron chi connectivity index (χ2n) is 4.88. The van der Waals surface area contributed by atoms with Crippen LogP contribution in [0, 0.1) is 6.92 Å². The number of benzene rings is 2. The Morgan fingerprint density at radius 1 is 1.10 bits per heavy atom. The number of hydrogen-bond acceptors (Lipinski definition) is 4. The smallest absolute Gasteiger partial charge is 0.144 e. The fourth-order valence-electron chi connectivity index (χ4n) is 2.34. The Labute approximate surface area is 131 Å². The zero-order chi connectivity index (χ0) is 15.0. The summed E-state index contributed by atoms with van der Waals surface area (Å²) in [6.45, 7) is 1.90. The minimum absolute atomic E-state index is 0.725. The number of para-hydroxylation sites is 1. The Bertz CT molecular complexity index is 816. The molecule has 0 saturated heterocycles. The van der Waals surface area contributed by atoms with Gasteiger partial charge in [-0.05, 0) is 53.2 Å². The molecule has 0 saturated carbocycles. The van der Waals surface area contributed by atoms with Gasteiger partial charge in [0.2, 0.25) is 0 Å². The summed E-state index contributed by atoms with van der Waals surface area (Å²) in [4.78, 5) is 11.1. The van der Waals surface area contributed by atoms with Gasteiger partial charge in [-0.2, -0.15) is 0 Å². The second-order valence-corrected chi connectivity index (χ2v) is 5.74. The molecule has 0 fully saturated rings. The molecule has 1 aromatic heterocycles. The van der Waals surface area contributed by atoms with Crippen LogP contribution >= 0.6 is 15.9 Å². The predicted molar refractivity (Wildman–Crippen MR) is 90.9 cm³/mol. The molecule has 3 rings (SSSR count). The fourth-order valence-corrected chi connectivity index (χ4v) is 3.00. The highest BCUT2D eigenvalue weighted by atomic mass is 79.9. The standard InChI is InChI=1S/C16H15BrN4/c1-10-19-14-6-4-3-5-12(14)16(20-10)21(2)15-8-7-11(18)9-13(15)17/h3-9H,18H2,1-2H3. The fraction of sp³-hybridized carbons (Fsp3) is 0.125. The molecule has 0 aliphatic rings. The number of fused-ring (bicyclic) bond motifs is 1. The predicted octanol–water partition coefficient (Wildman–Crippen LogP) is 4.05. The van der Waals surface area contributed by atoms with Crippen molar-refractivity contribution in [1.29, 1.82) is 0 Å². The normalized spacial score (nSPS) is 10.8. The second kappa shape index (κ2) is 5.33. The number of anilines is 3. The van der Waals surface area contributed by atoms with Crippen LogP contribution in [0.25, 0.3) is 10.9 Å². The molecule has 106 valence electrons. The zero-order valence-corrected chi connectivity index (χ0v) is 13.4. The molecule has 2 aromatic carbocycles. The summed E-state index contributed by atoms with van der Waals surface area (Å²) >= 11 is 3.56. The average Bonchev–Trinajstić information content (AvgIpc) is 2.45. The lowest BCUT2D eigenvalue weighted by atomic mass is 10.2. The Morgan fingerprint density at radius 3 is 2.62 bits per heavy atom. The number of nitrogen functional groups attached to an aromatic ring is 1. The van der Waals surface area contributed by atoms with Gasteiger partial charge in [-0.15, -0.1) is 0 Å². The molecule has 3 aromatic rings. The molecule has 21 heavy (non-hydrogen) atoms. The van der Waals surface area contributed by atoms with E-state index in [-0.39, 0.29) is 0 Å². The molecular weight excluding hydrogens is 328 g/mol. The number of nitrogens with zero attached hydrogens (tertiary/aromatic N) is 3. The lowest BCUT2D eigenvalue weighted by molar-refractivity contribution is 1.04. The van der Waals surface area contributed by atoms with Crippen molar-refractivity contribution in [1.82, 2.24) is 9.97 Å². The highest BCUT2D eigenvalue weighted by molar-refractivity contribution is 9.10. The van der Waals surface area contributed by atoms with Crippen molar-refractivity contribution in [2.75, 3.05) is 17.7 Å². The van der Waals surface area contributed by atoms with Gasteiger partial charge in [0.15, 0.2) is 0 Å². The topological polar surface area (TPSA) is 55.0 Å². The SMILES string of the molecule is Cc1nc(N(C)c2ccc(N)cc2Br)c2ccccc2n1. The lowest BCUT2D eigenvalue weighted by Crippen LogP contribution is -2.13. The molecule has 0 spiro atoms. The Hall–Kier alpha value is -2.14. The van der Waals surface area contributed by atoms with Crippen molar-refractivity contribution >= 4 is 44.0 Å². The van der Waals surface area contributed by atoms with E-state index in [0.717, 1.165) is 38.4 Å². The maximum absolute atomic E-state index is 5.81. The summed E-state index contributed by atoms with van der Waals surface area (Å²) in [5.74, 6) is 1.63. The minimum Gasteiger partial charge on any atom is -0.399 e. The summed E-state index contributed by atoms with van der Waals surface area (Å²) in [6, 6.07) is 13.8. The van der Waals surface area contributed by atoms with Crippen LogP contribution in [0.15, 0.2) is 46.9 Å². The molecule has 0 bridgehead atoms. The van der Waals surface area contributed by atoms with Gasteiger partial charge in [-0.3, -0.25) is 0 Å². The number of aromatic nitrogens is 2. The van der Waals surface area contributed by atoms with Crippen LogP contribution in [0.5, 0.6) is 0 Å². The van der Waals surface area contributed by atoms with Crippen LogP contribution < -0.4 is 10.6 Å². The molecule has 5 heteroatoms. The van der Waals surface area contributed by atoms with Crippen LogP contribution in [0.2, 0.25) is 0 Å². The van der Waals surface area contributed by atoms with E-state index in [1.807, 2.05) is 61.3 Å². The van der Waals surface area contributed by atoms with Gasteiger partial charge in [0.25, 0.3) is 0 Å². The first-order valence-electron chi connectivity index (χ1n) is 6.58. The molecule has 1 heterocycles. The van der Waals surface area contributed by atoms with Crippen LogP contribution in [-0.2, 0) is 0 Å². The van der Waals surface area contributed by atoms with Gasteiger partial charge in [0, 0.05) is 22.6 Å². The van der Waals surface area contributed by atoms with E-state index in [1.54, 1.807) is 0 Å². The highest BCUT2D eigenvalue weighted by Crippen LogP contribution is 2.34. The third-order valence-electron chi connectivity index (χ3n) is 3.35. The third-order valence-corrected chi connectivity index (χ3v) is 3.98. The van der Waals surface area contributed by atoms with E-state index in [9.17, 15) is 0 Å². The maximum Gasteiger partial charge on any atom is 0.144 e. The molecule has 0 radical (unpaired) electrons. The molecule has 0 amide bonds. The Balaban J connectivity index is 2.19. The molecule has 0 aliphatic carbocycles. The van der Waals surface area contributed by atoms with Gasteiger partial charge in [-0.25, -0.2) is 9.97 Å². The summed E-state index contributed by atoms with van der Waals surface area (Å²) in [7, 11) is 1.99. The van der Waals surface area contributed by atoms with Crippen molar-refractivity contribution in [3.63, 3.8) is 0 Å². The zero-order valence-electron chi connectivity index (χ0n) is 11.8. The number of halogens is 1. The maximum atomic E-state index is 5.81. The molecule has 0 aliphatic heterocycles. The first-order valence-corrected chi connectivity index (χ1v) is 7.37. The van der Waals surface area contributed by atoms with Crippen LogP contribution in [0.1, 0.15) is 5.82 Å². The molecule has 0 unspecified atom stereocenters. The largest absolute Gasteiger partial charge is 0.399 e. The summed E-state index contributed by atoms with van der Waals surface area (Å²) in [5, 5.41) is 1.02. The monoisotopic (exact) mass is 342 g/mol. The van der Waals surface area contributed by atoms with E-state index in [2.05, 4.69) is 25.9 Å². The van der Waals surface area contributed by atoms with Crippen LogP contribution in [-0.4, -0.2) is 17.0 Å². The molecule has 2 N–H and O–H groups in total. The first-order chi connectivity index (χ1) is 10.1. The first kappa shape index (κ1) is 13.8. The number of aryl methyl sites for hydroxylation is 1. The number of hydrogen-bond donors (Lipinski definition) is 1. The minimum atomic E-state index is 0.725. The highest BCUT2D eigenvalue weighted by Gasteiger charge is 2.14. The molecule has 0 atom stereocenters. The van der Waals surface area contributed by atoms with E-state index in [4.69, 9.17) is 5.73 Å². The summed E-state index contributed by atoms with van der Waals surface area (Å²) < 4.78 is 0.936. The van der Waals surface area contributed by atoms with Gasteiger partial charge < -0.3 is 10.6 Å². The summed E-state index contributed by atoms with van der Waals surface area (Å²) in [6.07, 6.45) is 0. The Morgan fingerprint density at radius 2 is 1.86 bits per heavy atom. The van der Waals surface area contributed by atoms with Gasteiger partial charge in [-0.1, -0.05) is 12.1 Å². The van der Waals surface area contributed by atoms with Gasteiger partial charge >= 0.3 is 0 Å². The number of nitrogens with two attached hydrogens (primary N) is 1. The van der Waals surface area contributed by atoms with E-state index >= 15 is 0 Å². The van der Waals surface area contributed by atoms with Gasteiger partial charge in [0.1, 0.15) is 11.6 Å². The van der Waals surface area contributed by atoms with Gasteiger partial charge in [0.05, 0.1) is 11.2 Å². The molecular formula is C16H15BrN4. The van der Waals surface area contributed by atoms with Crippen molar-refractivity contribution in [2.45, 2.75) is 6.92 Å². The van der Waals surface area contributed by atoms with E-state index < -0.39 is 0 Å². The van der Waals surface area contributed by atoms with E-state index in [1.165, 1.54) is 0 Å². The quantitative estimate of drug-likeness (QED) is 0.713. The van der Waals surface area contributed by atoms with Crippen molar-refractivity contribution in [2.24, 2.45) is 0 Å². The summed E-state index contributed by atoms with van der Waals surface area (Å²) in [5.41, 5.74) is 8.48. The lowest BCUT2D eigenvalue weighted by Gasteiger charge is -2.22. The Kier molecular flexibility index (Phi) is 3.51. The van der Waals surface area contributed by atoms with Crippen molar-refractivity contribution < 1.29 is 0 Å².